The highest BCUT2D eigenvalue weighted by atomic mass is 16.1. The lowest BCUT2D eigenvalue weighted by Gasteiger charge is -2.20. The van der Waals surface area contributed by atoms with Crippen molar-refractivity contribution < 1.29 is 4.79 Å². The van der Waals surface area contributed by atoms with Crippen LogP contribution in [0.5, 0.6) is 0 Å². The molecule has 0 bridgehead atoms. The molecule has 6 nitrogen and oxygen atoms in total. The molecular weight excluding hydrogens is 374 g/mol. The second-order valence-electron chi connectivity index (χ2n) is 7.40. The van der Waals surface area contributed by atoms with Crippen molar-refractivity contribution in [3.8, 4) is 17.3 Å². The number of nitriles is 1. The maximum atomic E-state index is 12.4. The molecule has 6 heteroatoms. The van der Waals surface area contributed by atoms with E-state index in [0.29, 0.717) is 16.8 Å². The number of nitrogens with one attached hydrogen (secondary N) is 1. The molecule has 0 radical (unpaired) electrons. The molecule has 1 aliphatic heterocycles. The van der Waals surface area contributed by atoms with Crippen LogP contribution in [0.1, 0.15) is 41.6 Å². The number of rotatable bonds is 4. The fourth-order valence-electron chi connectivity index (χ4n) is 3.61. The Balaban J connectivity index is 1.43. The first-order valence-electron chi connectivity index (χ1n) is 10.2. The van der Waals surface area contributed by atoms with Crippen LogP contribution in [-0.2, 0) is 0 Å². The van der Waals surface area contributed by atoms with Gasteiger partial charge in [0.2, 0.25) is 0 Å². The van der Waals surface area contributed by atoms with Crippen LogP contribution in [0.15, 0.2) is 60.7 Å². The molecule has 150 valence electrons. The first-order valence-corrected chi connectivity index (χ1v) is 10.2. The number of nitrogens with zero attached hydrogens (tertiary/aromatic N) is 4. The minimum absolute atomic E-state index is 0.249. The molecule has 0 spiro atoms. The predicted octanol–water partition coefficient (Wildman–Crippen LogP) is 4.65. The van der Waals surface area contributed by atoms with Crippen LogP contribution in [0.4, 0.5) is 11.5 Å². The molecule has 0 aliphatic carbocycles. The molecule has 2 aromatic carbocycles. The maximum absolute atomic E-state index is 12.4. The monoisotopic (exact) mass is 397 g/mol. The highest BCUT2D eigenvalue weighted by molar-refractivity contribution is 6.04. The van der Waals surface area contributed by atoms with Crippen molar-refractivity contribution in [2.24, 2.45) is 0 Å². The molecule has 0 unspecified atom stereocenters. The van der Waals surface area contributed by atoms with Crippen molar-refractivity contribution in [1.29, 1.82) is 5.26 Å². The Bertz CT molecular complexity index is 1050. The maximum Gasteiger partial charge on any atom is 0.255 e. The molecule has 4 rings (SSSR count). The summed E-state index contributed by atoms with van der Waals surface area (Å²) < 4.78 is 0. The van der Waals surface area contributed by atoms with E-state index in [1.165, 1.54) is 25.7 Å². The molecular formula is C24H23N5O. The fourth-order valence-corrected chi connectivity index (χ4v) is 3.61. The van der Waals surface area contributed by atoms with Crippen LogP contribution in [0.3, 0.4) is 0 Å². The molecule has 1 aromatic heterocycles. The number of hydrogen-bond acceptors (Lipinski definition) is 5. The van der Waals surface area contributed by atoms with Gasteiger partial charge in [-0.2, -0.15) is 5.26 Å². The molecule has 3 aromatic rings. The van der Waals surface area contributed by atoms with Crippen molar-refractivity contribution >= 4 is 17.4 Å². The van der Waals surface area contributed by atoms with Crippen LogP contribution in [0, 0.1) is 11.3 Å². The van der Waals surface area contributed by atoms with Gasteiger partial charge in [0.25, 0.3) is 5.91 Å². The second kappa shape index (κ2) is 9.19. The van der Waals surface area contributed by atoms with E-state index in [4.69, 9.17) is 5.26 Å². The van der Waals surface area contributed by atoms with E-state index in [9.17, 15) is 4.79 Å². The number of benzene rings is 2. The summed E-state index contributed by atoms with van der Waals surface area (Å²) >= 11 is 0. The average molecular weight is 397 g/mol. The summed E-state index contributed by atoms with van der Waals surface area (Å²) in [7, 11) is 0. The highest BCUT2D eigenvalue weighted by Gasteiger charge is 2.12. The first kappa shape index (κ1) is 19.6. The molecule has 30 heavy (non-hydrogen) atoms. The number of hydrogen-bond donors (Lipinski definition) is 1. The normalized spacial score (nSPS) is 13.9. The van der Waals surface area contributed by atoms with E-state index in [1.807, 2.05) is 42.5 Å². The minimum atomic E-state index is -0.249. The molecule has 0 saturated carbocycles. The zero-order valence-corrected chi connectivity index (χ0v) is 16.7. The standard InChI is InChI=1S/C24H23N5O/c25-17-18-6-5-7-20(16-18)24(30)26-21-10-8-19(9-11-21)22-12-13-23(28-27-22)29-14-3-1-2-4-15-29/h5-13,16H,1-4,14-15H2,(H,26,30). The van der Waals surface area contributed by atoms with E-state index in [1.54, 1.807) is 24.3 Å². The van der Waals surface area contributed by atoms with E-state index in [2.05, 4.69) is 20.4 Å². The van der Waals surface area contributed by atoms with Gasteiger partial charge in [-0.1, -0.05) is 31.0 Å². The van der Waals surface area contributed by atoms with Crippen molar-refractivity contribution in [3.63, 3.8) is 0 Å². The van der Waals surface area contributed by atoms with Gasteiger partial charge in [-0.15, -0.1) is 10.2 Å². The molecule has 1 saturated heterocycles. The van der Waals surface area contributed by atoms with Gasteiger partial charge in [-0.3, -0.25) is 4.79 Å². The molecule has 2 heterocycles. The van der Waals surface area contributed by atoms with Crippen molar-refractivity contribution in [3.05, 3.63) is 71.8 Å². The Hall–Kier alpha value is -3.72. The lowest BCUT2D eigenvalue weighted by atomic mass is 10.1. The van der Waals surface area contributed by atoms with Crippen LogP contribution in [0.25, 0.3) is 11.3 Å². The molecule has 1 amide bonds. The smallest absolute Gasteiger partial charge is 0.255 e. The Morgan fingerprint density at radius 1 is 0.933 bits per heavy atom. The van der Waals surface area contributed by atoms with Gasteiger partial charge in [0.05, 0.1) is 17.3 Å². The lowest BCUT2D eigenvalue weighted by Crippen LogP contribution is -2.25. The third-order valence-corrected chi connectivity index (χ3v) is 5.27. The summed E-state index contributed by atoms with van der Waals surface area (Å²) in [4.78, 5) is 14.7. The van der Waals surface area contributed by atoms with Crippen LogP contribution in [0.2, 0.25) is 0 Å². The van der Waals surface area contributed by atoms with Gasteiger partial charge in [-0.25, -0.2) is 0 Å². The van der Waals surface area contributed by atoms with Gasteiger partial charge in [0.1, 0.15) is 0 Å². The summed E-state index contributed by atoms with van der Waals surface area (Å²) in [5, 5.41) is 20.7. The summed E-state index contributed by atoms with van der Waals surface area (Å²) in [6.45, 7) is 2.08. The number of aromatic nitrogens is 2. The molecule has 0 atom stereocenters. The third kappa shape index (κ3) is 4.64. The summed E-state index contributed by atoms with van der Waals surface area (Å²) in [6, 6.07) is 20.2. The Kier molecular flexibility index (Phi) is 6.00. The Morgan fingerprint density at radius 2 is 1.70 bits per heavy atom. The SMILES string of the molecule is N#Cc1cccc(C(=O)Nc2ccc(-c3ccc(N4CCCCCC4)nn3)cc2)c1. The van der Waals surface area contributed by atoms with Gasteiger partial charge >= 0.3 is 0 Å². The van der Waals surface area contributed by atoms with E-state index in [0.717, 1.165) is 30.2 Å². The van der Waals surface area contributed by atoms with Crippen molar-refractivity contribution in [2.45, 2.75) is 25.7 Å². The van der Waals surface area contributed by atoms with Crippen LogP contribution < -0.4 is 10.2 Å². The quantitative estimate of drug-likeness (QED) is 0.693. The van der Waals surface area contributed by atoms with Crippen molar-refractivity contribution in [1.82, 2.24) is 10.2 Å². The van der Waals surface area contributed by atoms with Crippen LogP contribution in [-0.4, -0.2) is 29.2 Å². The summed E-state index contributed by atoms with van der Waals surface area (Å²) in [5.74, 6) is 0.686. The summed E-state index contributed by atoms with van der Waals surface area (Å²) in [6.07, 6.45) is 4.98. The molecule has 1 N–H and O–H groups in total. The number of carbonyl (C=O) groups is 1. The average Bonchev–Trinajstić information content (AvgIpc) is 3.09. The predicted molar refractivity (Wildman–Crippen MR) is 117 cm³/mol. The third-order valence-electron chi connectivity index (χ3n) is 5.27. The largest absolute Gasteiger partial charge is 0.355 e. The van der Waals surface area contributed by atoms with E-state index >= 15 is 0 Å². The lowest BCUT2D eigenvalue weighted by molar-refractivity contribution is 0.102. The number of anilines is 2. The van der Waals surface area contributed by atoms with Gasteiger partial charge < -0.3 is 10.2 Å². The zero-order chi connectivity index (χ0) is 20.8. The van der Waals surface area contributed by atoms with Gasteiger partial charge in [0, 0.05) is 29.9 Å². The summed E-state index contributed by atoms with van der Waals surface area (Å²) in [5.41, 5.74) is 3.33. The number of carbonyl (C=O) groups excluding carboxylic acids is 1. The fraction of sp³-hybridized carbons (Fsp3) is 0.250. The topological polar surface area (TPSA) is 81.9 Å². The van der Waals surface area contributed by atoms with E-state index in [-0.39, 0.29) is 5.91 Å². The Labute approximate surface area is 176 Å². The highest BCUT2D eigenvalue weighted by Crippen LogP contribution is 2.22. The zero-order valence-electron chi connectivity index (χ0n) is 16.7. The minimum Gasteiger partial charge on any atom is -0.355 e. The van der Waals surface area contributed by atoms with E-state index < -0.39 is 0 Å². The van der Waals surface area contributed by atoms with Crippen LogP contribution >= 0.6 is 0 Å². The number of amides is 1. The molecule has 1 fully saturated rings. The second-order valence-corrected chi connectivity index (χ2v) is 7.40. The Morgan fingerprint density at radius 3 is 2.37 bits per heavy atom. The van der Waals surface area contributed by atoms with Crippen molar-refractivity contribution in [2.75, 3.05) is 23.3 Å². The first-order chi connectivity index (χ1) is 14.7. The molecule has 1 aliphatic rings. The van der Waals surface area contributed by atoms with Gasteiger partial charge in [0.15, 0.2) is 5.82 Å². The van der Waals surface area contributed by atoms with Gasteiger partial charge in [-0.05, 0) is 55.3 Å².